The molecule has 3 N–H and O–H groups in total. The summed E-state index contributed by atoms with van der Waals surface area (Å²) in [5.41, 5.74) is 8.22. The summed E-state index contributed by atoms with van der Waals surface area (Å²) in [6.07, 6.45) is 0.840. The molecule has 5 heteroatoms. The minimum Gasteiger partial charge on any atom is -0.493 e. The number of methoxy groups -OCH3 is 2. The van der Waals surface area contributed by atoms with Gasteiger partial charge in [-0.15, -0.1) is 0 Å². The highest BCUT2D eigenvalue weighted by Crippen LogP contribution is 2.31. The summed E-state index contributed by atoms with van der Waals surface area (Å²) in [6.45, 7) is 2.08. The average molecular weight is 364 g/mol. The molecule has 4 nitrogen and oxygen atoms in total. The third-order valence-corrected chi connectivity index (χ3v) is 4.80. The summed E-state index contributed by atoms with van der Waals surface area (Å²) in [7, 11) is 3.23. The highest BCUT2D eigenvalue weighted by Gasteiger charge is 2.25. The zero-order chi connectivity index (χ0) is 18.4. The van der Waals surface area contributed by atoms with Gasteiger partial charge in [-0.2, -0.15) is 0 Å². The molecule has 2 aromatic carbocycles. The molecule has 0 saturated carbocycles. The predicted molar refractivity (Wildman–Crippen MR) is 101 cm³/mol. The summed E-state index contributed by atoms with van der Waals surface area (Å²) in [4.78, 5) is 0. The van der Waals surface area contributed by atoms with Gasteiger partial charge in [0, 0.05) is 11.1 Å². The smallest absolute Gasteiger partial charge is 0.160 e. The van der Waals surface area contributed by atoms with Gasteiger partial charge >= 0.3 is 0 Å². The molecule has 0 spiro atoms. The number of ether oxygens (including phenoxy) is 2. The lowest BCUT2D eigenvalue weighted by atomic mass is 9.85. The monoisotopic (exact) mass is 363 g/mol. The summed E-state index contributed by atoms with van der Waals surface area (Å²) in [6, 6.07) is 12.7. The van der Waals surface area contributed by atoms with Crippen molar-refractivity contribution in [3.05, 3.63) is 58.6 Å². The summed E-state index contributed by atoms with van der Waals surface area (Å²) in [5, 5.41) is 11.2. The Labute approximate surface area is 154 Å². The number of hydrogen-bond acceptors (Lipinski definition) is 4. The molecule has 2 aromatic rings. The van der Waals surface area contributed by atoms with Crippen molar-refractivity contribution in [2.45, 2.75) is 31.9 Å². The van der Waals surface area contributed by atoms with Crippen molar-refractivity contribution < 1.29 is 14.6 Å². The second-order valence-electron chi connectivity index (χ2n) is 6.14. The van der Waals surface area contributed by atoms with Gasteiger partial charge in [-0.1, -0.05) is 43.1 Å². The molecule has 0 amide bonds. The molecule has 0 aliphatic rings. The number of nitrogens with two attached hydrogens (primary N) is 1. The first-order valence-corrected chi connectivity index (χ1v) is 8.78. The van der Waals surface area contributed by atoms with Crippen LogP contribution in [0, 0.1) is 5.92 Å². The van der Waals surface area contributed by atoms with Crippen LogP contribution in [0.2, 0.25) is 5.02 Å². The lowest BCUT2D eigenvalue weighted by molar-refractivity contribution is 0.115. The molecule has 25 heavy (non-hydrogen) atoms. The molecule has 0 bridgehead atoms. The van der Waals surface area contributed by atoms with Crippen LogP contribution in [-0.4, -0.2) is 25.4 Å². The molecule has 0 aliphatic carbocycles. The first-order valence-electron chi connectivity index (χ1n) is 8.40. The van der Waals surface area contributed by atoms with Crippen LogP contribution in [0.4, 0.5) is 0 Å². The SMILES string of the molecule is CCC(Cc1ccc(OC)c(OC)c1)C(N)C(O)c1cccc(Cl)c1. The molecule has 0 fully saturated rings. The number of benzene rings is 2. The van der Waals surface area contributed by atoms with Crippen molar-refractivity contribution in [1.29, 1.82) is 0 Å². The molecule has 0 aliphatic heterocycles. The van der Waals surface area contributed by atoms with Crippen LogP contribution >= 0.6 is 11.6 Å². The Kier molecular flexibility index (Phi) is 7.12. The van der Waals surface area contributed by atoms with E-state index in [1.165, 1.54) is 0 Å². The van der Waals surface area contributed by atoms with Gasteiger partial charge in [-0.05, 0) is 47.7 Å². The minimum atomic E-state index is -0.760. The van der Waals surface area contributed by atoms with Gasteiger partial charge in [0.05, 0.1) is 20.3 Å². The Bertz CT molecular complexity index is 692. The highest BCUT2D eigenvalue weighted by atomic mass is 35.5. The molecular weight excluding hydrogens is 338 g/mol. The van der Waals surface area contributed by atoms with Crippen LogP contribution in [-0.2, 0) is 6.42 Å². The van der Waals surface area contributed by atoms with Crippen LogP contribution in [0.25, 0.3) is 0 Å². The largest absolute Gasteiger partial charge is 0.493 e. The van der Waals surface area contributed by atoms with Crippen molar-refractivity contribution in [1.82, 2.24) is 0 Å². The second-order valence-corrected chi connectivity index (χ2v) is 6.58. The Morgan fingerprint density at radius 2 is 1.80 bits per heavy atom. The average Bonchev–Trinajstić information content (AvgIpc) is 2.64. The van der Waals surface area contributed by atoms with Gasteiger partial charge in [-0.25, -0.2) is 0 Å². The molecule has 0 saturated heterocycles. The van der Waals surface area contributed by atoms with E-state index in [1.54, 1.807) is 26.4 Å². The van der Waals surface area contributed by atoms with E-state index in [1.807, 2.05) is 30.3 Å². The van der Waals surface area contributed by atoms with Gasteiger partial charge in [0.15, 0.2) is 11.5 Å². The van der Waals surface area contributed by atoms with E-state index < -0.39 is 12.1 Å². The van der Waals surface area contributed by atoms with Crippen molar-refractivity contribution >= 4 is 11.6 Å². The third-order valence-electron chi connectivity index (χ3n) is 4.57. The number of hydrogen-bond donors (Lipinski definition) is 2. The molecule has 3 unspecified atom stereocenters. The van der Waals surface area contributed by atoms with Crippen molar-refractivity contribution in [2.75, 3.05) is 14.2 Å². The van der Waals surface area contributed by atoms with Crippen LogP contribution in [0.3, 0.4) is 0 Å². The summed E-state index contributed by atoms with van der Waals surface area (Å²) in [5.74, 6) is 1.51. The molecule has 2 rings (SSSR count). The number of halogens is 1. The van der Waals surface area contributed by atoms with E-state index >= 15 is 0 Å². The lowest BCUT2D eigenvalue weighted by Gasteiger charge is -2.28. The van der Waals surface area contributed by atoms with Crippen LogP contribution < -0.4 is 15.2 Å². The highest BCUT2D eigenvalue weighted by molar-refractivity contribution is 6.30. The van der Waals surface area contributed by atoms with Gasteiger partial charge < -0.3 is 20.3 Å². The molecular formula is C20H26ClNO3. The fourth-order valence-electron chi connectivity index (χ4n) is 3.03. The first-order chi connectivity index (χ1) is 12.0. The topological polar surface area (TPSA) is 64.7 Å². The van der Waals surface area contributed by atoms with Crippen LogP contribution in [0.5, 0.6) is 11.5 Å². The zero-order valence-electron chi connectivity index (χ0n) is 14.9. The Balaban J connectivity index is 2.16. The van der Waals surface area contributed by atoms with Crippen LogP contribution in [0.1, 0.15) is 30.6 Å². The standard InChI is InChI=1S/C20H26ClNO3/c1-4-14(10-13-8-9-17(24-2)18(11-13)25-3)19(22)20(23)15-6-5-7-16(21)12-15/h5-9,11-12,14,19-20,23H,4,10,22H2,1-3H3. The number of rotatable bonds is 8. The normalized spacial score (nSPS) is 14.6. The Hall–Kier alpha value is -1.75. The van der Waals surface area contributed by atoms with E-state index in [-0.39, 0.29) is 5.92 Å². The van der Waals surface area contributed by atoms with E-state index in [0.717, 1.165) is 24.0 Å². The molecule has 0 aromatic heterocycles. The van der Waals surface area contributed by atoms with E-state index in [4.69, 9.17) is 26.8 Å². The molecule has 136 valence electrons. The maximum Gasteiger partial charge on any atom is 0.160 e. The number of aliphatic hydroxyl groups excluding tert-OH is 1. The predicted octanol–water partition coefficient (Wildman–Crippen LogP) is 3.99. The molecule has 0 heterocycles. The Morgan fingerprint density at radius 1 is 1.08 bits per heavy atom. The lowest BCUT2D eigenvalue weighted by Crippen LogP contribution is -2.37. The minimum absolute atomic E-state index is 0.118. The van der Waals surface area contributed by atoms with Gasteiger partial charge in [0.2, 0.25) is 0 Å². The van der Waals surface area contributed by atoms with Gasteiger partial charge in [0.25, 0.3) is 0 Å². The zero-order valence-corrected chi connectivity index (χ0v) is 15.7. The quantitative estimate of drug-likeness (QED) is 0.744. The van der Waals surface area contributed by atoms with E-state index in [0.29, 0.717) is 16.5 Å². The summed E-state index contributed by atoms with van der Waals surface area (Å²) >= 11 is 6.02. The number of aliphatic hydroxyl groups is 1. The van der Waals surface area contributed by atoms with Crippen molar-refractivity contribution in [3.8, 4) is 11.5 Å². The molecule has 3 atom stereocenters. The summed E-state index contributed by atoms with van der Waals surface area (Å²) < 4.78 is 10.6. The van der Waals surface area contributed by atoms with Crippen molar-refractivity contribution in [2.24, 2.45) is 11.7 Å². The van der Waals surface area contributed by atoms with Gasteiger partial charge in [0.1, 0.15) is 0 Å². The second kappa shape index (κ2) is 9.09. The fraction of sp³-hybridized carbons (Fsp3) is 0.400. The molecule has 0 radical (unpaired) electrons. The van der Waals surface area contributed by atoms with E-state index in [9.17, 15) is 5.11 Å². The fourth-order valence-corrected chi connectivity index (χ4v) is 3.23. The first kappa shape index (κ1) is 19.6. The maximum absolute atomic E-state index is 10.6. The Morgan fingerprint density at radius 3 is 2.40 bits per heavy atom. The van der Waals surface area contributed by atoms with Crippen LogP contribution in [0.15, 0.2) is 42.5 Å². The van der Waals surface area contributed by atoms with E-state index in [2.05, 4.69) is 6.92 Å². The third kappa shape index (κ3) is 4.88. The van der Waals surface area contributed by atoms with Crippen molar-refractivity contribution in [3.63, 3.8) is 0 Å². The van der Waals surface area contributed by atoms with Gasteiger partial charge in [-0.3, -0.25) is 0 Å². The maximum atomic E-state index is 10.6.